The highest BCUT2D eigenvalue weighted by Crippen LogP contribution is 2.35. The number of carbonyl (C=O) groups is 1. The van der Waals surface area contributed by atoms with E-state index in [9.17, 15) is 9.90 Å². The Bertz CT molecular complexity index is 780. The summed E-state index contributed by atoms with van der Waals surface area (Å²) in [5, 5.41) is 25.5. The van der Waals surface area contributed by atoms with Gasteiger partial charge in [-0.25, -0.2) is 9.48 Å². The van der Waals surface area contributed by atoms with E-state index >= 15 is 0 Å². The van der Waals surface area contributed by atoms with Crippen LogP contribution in [0, 0.1) is 11.3 Å². The molecule has 6 nitrogen and oxygen atoms in total. The molecule has 1 aromatic carbocycles. The molecule has 0 aliphatic rings. The number of nitrogens with zero attached hydrogens (tertiary/aromatic N) is 3. The first-order valence-corrected chi connectivity index (χ1v) is 6.63. The number of hydrogen-bond acceptors (Lipinski definition) is 4. The number of carboxylic acids is 1. The summed E-state index contributed by atoms with van der Waals surface area (Å²) in [6.07, 6.45) is 0. The number of nitrogens with one attached hydrogen (secondary N) is 1. The molecule has 0 aliphatic carbocycles. The number of nitriles is 1. The summed E-state index contributed by atoms with van der Waals surface area (Å²) >= 11 is 17.9. The highest BCUT2D eigenvalue weighted by atomic mass is 35.5. The maximum atomic E-state index is 11.4. The van der Waals surface area contributed by atoms with Crippen molar-refractivity contribution in [3.05, 3.63) is 38.5 Å². The SMILES string of the molecule is CNc1nn(-c2ccc(Cl)c(Cl)c2Cl)c(C(=O)O)c1C#N. The third-order valence-electron chi connectivity index (χ3n) is 2.68. The predicted octanol–water partition coefficient (Wildman–Crippen LogP) is 3.44. The van der Waals surface area contributed by atoms with Crippen LogP contribution in [0.4, 0.5) is 5.82 Å². The van der Waals surface area contributed by atoms with E-state index in [0.717, 1.165) is 4.68 Å². The van der Waals surface area contributed by atoms with Crippen molar-refractivity contribution < 1.29 is 9.90 Å². The Labute approximate surface area is 134 Å². The molecule has 21 heavy (non-hydrogen) atoms. The molecular weight excluding hydrogens is 339 g/mol. The molecule has 0 bridgehead atoms. The average Bonchev–Trinajstić information content (AvgIpc) is 2.83. The maximum Gasteiger partial charge on any atom is 0.356 e. The Kier molecular flexibility index (Phi) is 4.28. The molecule has 1 aromatic heterocycles. The van der Waals surface area contributed by atoms with Gasteiger partial charge in [0.15, 0.2) is 11.5 Å². The molecule has 0 fully saturated rings. The fourth-order valence-electron chi connectivity index (χ4n) is 1.75. The number of hydrogen-bond donors (Lipinski definition) is 2. The summed E-state index contributed by atoms with van der Waals surface area (Å²) in [5.74, 6) is -1.19. The predicted molar refractivity (Wildman–Crippen MR) is 79.8 cm³/mol. The Hall–Kier alpha value is -1.94. The first-order chi connectivity index (χ1) is 9.92. The lowest BCUT2D eigenvalue weighted by molar-refractivity contribution is 0.0686. The number of aromatic nitrogens is 2. The summed E-state index contributed by atoms with van der Waals surface area (Å²) in [4.78, 5) is 11.4. The molecule has 0 saturated carbocycles. The lowest BCUT2D eigenvalue weighted by atomic mass is 10.2. The second-order valence-electron chi connectivity index (χ2n) is 3.85. The summed E-state index contributed by atoms with van der Waals surface area (Å²) < 4.78 is 1.04. The smallest absolute Gasteiger partial charge is 0.356 e. The molecule has 108 valence electrons. The molecule has 9 heteroatoms. The molecule has 0 radical (unpaired) electrons. The molecule has 2 N–H and O–H groups in total. The molecule has 2 aromatic rings. The monoisotopic (exact) mass is 344 g/mol. The number of rotatable bonds is 3. The van der Waals surface area contributed by atoms with Crippen LogP contribution in [0.25, 0.3) is 5.69 Å². The van der Waals surface area contributed by atoms with Gasteiger partial charge in [0, 0.05) is 7.05 Å². The van der Waals surface area contributed by atoms with Crippen molar-refractivity contribution >= 4 is 46.6 Å². The van der Waals surface area contributed by atoms with Gasteiger partial charge in [-0.1, -0.05) is 34.8 Å². The normalized spacial score (nSPS) is 10.2. The summed E-state index contributed by atoms with van der Waals surface area (Å²) in [6, 6.07) is 4.73. The van der Waals surface area contributed by atoms with Crippen molar-refractivity contribution in [1.29, 1.82) is 5.26 Å². The van der Waals surface area contributed by atoms with E-state index in [1.807, 2.05) is 0 Å². The lowest BCUT2D eigenvalue weighted by Gasteiger charge is -2.09. The molecule has 0 saturated heterocycles. The zero-order valence-electron chi connectivity index (χ0n) is 10.5. The van der Waals surface area contributed by atoms with Crippen LogP contribution in [-0.2, 0) is 0 Å². The van der Waals surface area contributed by atoms with Gasteiger partial charge in [0.25, 0.3) is 0 Å². The fourth-order valence-corrected chi connectivity index (χ4v) is 2.36. The van der Waals surface area contributed by atoms with Gasteiger partial charge in [0.05, 0.1) is 20.8 Å². The van der Waals surface area contributed by atoms with E-state index in [0.29, 0.717) is 0 Å². The van der Waals surface area contributed by atoms with E-state index in [1.165, 1.54) is 19.2 Å². The second-order valence-corrected chi connectivity index (χ2v) is 5.01. The minimum Gasteiger partial charge on any atom is -0.476 e. The minimum atomic E-state index is -1.32. The molecule has 0 unspecified atom stereocenters. The minimum absolute atomic E-state index is 0.0429. The molecule has 0 spiro atoms. The van der Waals surface area contributed by atoms with Crippen molar-refractivity contribution in [3.8, 4) is 11.8 Å². The van der Waals surface area contributed by atoms with Crippen molar-refractivity contribution in [3.63, 3.8) is 0 Å². The second kappa shape index (κ2) is 5.82. The van der Waals surface area contributed by atoms with E-state index < -0.39 is 5.97 Å². The molecule has 0 atom stereocenters. The molecule has 0 aliphatic heterocycles. The quantitative estimate of drug-likeness (QED) is 0.831. The molecule has 0 amide bonds. The Morgan fingerprint density at radius 2 is 2.05 bits per heavy atom. The van der Waals surface area contributed by atoms with Crippen LogP contribution in [0.3, 0.4) is 0 Å². The van der Waals surface area contributed by atoms with E-state index in [2.05, 4.69) is 10.4 Å². The Balaban J connectivity index is 2.82. The highest BCUT2D eigenvalue weighted by molar-refractivity contribution is 6.48. The third-order valence-corrected chi connectivity index (χ3v) is 3.96. The van der Waals surface area contributed by atoms with Crippen LogP contribution >= 0.6 is 34.8 Å². The highest BCUT2D eigenvalue weighted by Gasteiger charge is 2.25. The average molecular weight is 346 g/mol. The number of carboxylic acid groups (broad SMARTS) is 1. The van der Waals surface area contributed by atoms with Crippen LogP contribution in [0.2, 0.25) is 15.1 Å². The molecular formula is C12H7Cl3N4O2. The summed E-state index contributed by atoms with van der Waals surface area (Å²) in [7, 11) is 1.52. The summed E-state index contributed by atoms with van der Waals surface area (Å²) in [5.41, 5.74) is -0.212. The lowest BCUT2D eigenvalue weighted by Crippen LogP contribution is -2.10. The van der Waals surface area contributed by atoms with Gasteiger partial charge in [0.2, 0.25) is 0 Å². The van der Waals surface area contributed by atoms with Crippen LogP contribution < -0.4 is 5.32 Å². The topological polar surface area (TPSA) is 90.9 Å². The van der Waals surface area contributed by atoms with Crippen molar-refractivity contribution in [2.24, 2.45) is 0 Å². The number of aromatic carboxylic acids is 1. The zero-order chi connectivity index (χ0) is 15.7. The van der Waals surface area contributed by atoms with Gasteiger partial charge < -0.3 is 10.4 Å². The van der Waals surface area contributed by atoms with Crippen molar-refractivity contribution in [1.82, 2.24) is 9.78 Å². The number of anilines is 1. The number of benzene rings is 1. The maximum absolute atomic E-state index is 11.4. The van der Waals surface area contributed by atoms with Gasteiger partial charge in [-0.15, -0.1) is 5.10 Å². The largest absolute Gasteiger partial charge is 0.476 e. The summed E-state index contributed by atoms with van der Waals surface area (Å²) in [6.45, 7) is 0. The van der Waals surface area contributed by atoms with Crippen molar-refractivity contribution in [2.75, 3.05) is 12.4 Å². The standard InChI is InChI=1S/C12H7Cl3N4O2/c1-17-11-5(4-16)10(12(20)21)19(18-11)7-3-2-6(13)8(14)9(7)15/h2-3H,1H3,(H,17,18)(H,20,21). The number of halogens is 3. The van der Waals surface area contributed by atoms with Crippen LogP contribution in [0.15, 0.2) is 12.1 Å². The van der Waals surface area contributed by atoms with Crippen molar-refractivity contribution in [2.45, 2.75) is 0 Å². The van der Waals surface area contributed by atoms with E-state index in [4.69, 9.17) is 40.1 Å². The van der Waals surface area contributed by atoms with Gasteiger partial charge in [-0.3, -0.25) is 0 Å². The van der Waals surface area contributed by atoms with Crippen LogP contribution in [0.5, 0.6) is 0 Å². The van der Waals surface area contributed by atoms with Gasteiger partial charge in [-0.2, -0.15) is 5.26 Å². The molecule has 2 rings (SSSR count). The molecule has 1 heterocycles. The van der Waals surface area contributed by atoms with Gasteiger partial charge in [-0.05, 0) is 12.1 Å². The third kappa shape index (κ3) is 2.51. The Morgan fingerprint density at radius 1 is 1.38 bits per heavy atom. The van der Waals surface area contributed by atoms with Gasteiger partial charge >= 0.3 is 5.97 Å². The first kappa shape index (κ1) is 15.4. The van der Waals surface area contributed by atoms with Crippen LogP contribution in [0.1, 0.15) is 16.1 Å². The fraction of sp³-hybridized carbons (Fsp3) is 0.0833. The van der Waals surface area contributed by atoms with Crippen LogP contribution in [-0.4, -0.2) is 27.9 Å². The van der Waals surface area contributed by atoms with Gasteiger partial charge in [0.1, 0.15) is 11.6 Å². The zero-order valence-corrected chi connectivity index (χ0v) is 12.8. The first-order valence-electron chi connectivity index (χ1n) is 5.50. The van der Waals surface area contributed by atoms with E-state index in [1.54, 1.807) is 6.07 Å². The van der Waals surface area contributed by atoms with E-state index in [-0.39, 0.29) is 37.8 Å². The Morgan fingerprint density at radius 3 is 2.57 bits per heavy atom.